The number of rotatable bonds is 1. The van der Waals surface area contributed by atoms with Crippen LogP contribution in [-0.2, 0) is 12.8 Å². The van der Waals surface area contributed by atoms with Crippen molar-refractivity contribution in [1.29, 1.82) is 0 Å². The smallest absolute Gasteiger partial charge is 0.258 e. The van der Waals surface area contributed by atoms with Gasteiger partial charge in [0.2, 0.25) is 0 Å². The topological polar surface area (TPSA) is 43.1 Å². The molecule has 0 atom stereocenters. The van der Waals surface area contributed by atoms with Crippen molar-refractivity contribution in [1.82, 2.24) is 0 Å². The van der Waals surface area contributed by atoms with Crippen LogP contribution < -0.4 is 0 Å². The fraction of sp³-hybridized carbons (Fsp3) is 0.333. The number of hydrogen-bond acceptors (Lipinski definition) is 3. The van der Waals surface area contributed by atoms with Gasteiger partial charge in [-0.3, -0.25) is 10.1 Å². The van der Waals surface area contributed by atoms with Crippen LogP contribution in [0.2, 0.25) is 0 Å². The van der Waals surface area contributed by atoms with Gasteiger partial charge in [0.15, 0.2) is 0 Å². The van der Waals surface area contributed by atoms with E-state index < -0.39 is 0 Å². The van der Waals surface area contributed by atoms with E-state index in [2.05, 4.69) is 12.6 Å². The Labute approximate surface area is 81.3 Å². The fourth-order valence-corrected chi connectivity index (χ4v) is 2.05. The average Bonchev–Trinajstić information content (AvgIpc) is 2.48. The fourth-order valence-electron chi connectivity index (χ4n) is 1.74. The van der Waals surface area contributed by atoms with Gasteiger partial charge in [-0.25, -0.2) is 0 Å². The maximum Gasteiger partial charge on any atom is 0.282 e. The number of nitro groups is 1. The van der Waals surface area contributed by atoms with Crippen molar-refractivity contribution < 1.29 is 4.92 Å². The maximum absolute atomic E-state index is 10.6. The predicted octanol–water partition coefficient (Wildman–Crippen LogP) is 2.37. The van der Waals surface area contributed by atoms with Gasteiger partial charge in [-0.2, -0.15) is 0 Å². The van der Waals surface area contributed by atoms with Crippen LogP contribution >= 0.6 is 12.6 Å². The van der Waals surface area contributed by atoms with E-state index in [1.807, 2.05) is 6.07 Å². The molecule has 0 saturated carbocycles. The molecule has 0 fully saturated rings. The van der Waals surface area contributed by atoms with Crippen molar-refractivity contribution >= 4 is 18.3 Å². The highest BCUT2D eigenvalue weighted by Gasteiger charge is 2.18. The minimum atomic E-state index is -0.374. The maximum atomic E-state index is 10.6. The first-order valence-electron chi connectivity index (χ1n) is 4.17. The van der Waals surface area contributed by atoms with Gasteiger partial charge in [-0.05, 0) is 36.5 Å². The van der Waals surface area contributed by atoms with Crippen LogP contribution in [0.3, 0.4) is 0 Å². The summed E-state index contributed by atoms with van der Waals surface area (Å²) in [6, 6.07) is 3.48. The lowest BCUT2D eigenvalue weighted by atomic mass is 10.1. The van der Waals surface area contributed by atoms with Crippen LogP contribution in [0.4, 0.5) is 5.69 Å². The molecule has 1 aromatic rings. The summed E-state index contributed by atoms with van der Waals surface area (Å²) >= 11 is 4.09. The molecule has 0 radical (unpaired) electrons. The molecule has 0 N–H and O–H groups in total. The summed E-state index contributed by atoms with van der Waals surface area (Å²) in [5.41, 5.74) is 2.46. The van der Waals surface area contributed by atoms with Crippen molar-refractivity contribution in [2.24, 2.45) is 0 Å². The summed E-state index contributed by atoms with van der Waals surface area (Å²) in [7, 11) is 0. The second-order valence-corrected chi connectivity index (χ2v) is 3.70. The average molecular weight is 195 g/mol. The quantitative estimate of drug-likeness (QED) is 0.424. The Morgan fingerprint density at radius 1 is 1.31 bits per heavy atom. The van der Waals surface area contributed by atoms with E-state index in [1.165, 1.54) is 5.56 Å². The molecule has 4 heteroatoms. The first-order valence-corrected chi connectivity index (χ1v) is 4.62. The van der Waals surface area contributed by atoms with Gasteiger partial charge < -0.3 is 0 Å². The van der Waals surface area contributed by atoms with Crippen LogP contribution in [0.1, 0.15) is 17.5 Å². The van der Waals surface area contributed by atoms with Gasteiger partial charge in [0.05, 0.1) is 9.82 Å². The number of hydrogen-bond donors (Lipinski definition) is 1. The summed E-state index contributed by atoms with van der Waals surface area (Å²) in [5, 5.41) is 10.6. The zero-order chi connectivity index (χ0) is 9.42. The molecule has 68 valence electrons. The van der Waals surface area contributed by atoms with Crippen molar-refractivity contribution in [3.05, 3.63) is 33.4 Å². The lowest BCUT2D eigenvalue weighted by molar-refractivity contribution is -0.387. The Hall–Kier alpha value is -1.03. The van der Waals surface area contributed by atoms with Crippen LogP contribution in [0.25, 0.3) is 0 Å². The van der Waals surface area contributed by atoms with Crippen molar-refractivity contribution in [2.45, 2.75) is 24.2 Å². The minimum Gasteiger partial charge on any atom is -0.258 e. The molecule has 0 unspecified atom stereocenters. The third-order valence-electron chi connectivity index (χ3n) is 2.39. The SMILES string of the molecule is O=[N+]([O-])c1cc2c(cc1S)CCC2. The highest BCUT2D eigenvalue weighted by Crippen LogP contribution is 2.31. The Bertz CT molecular complexity index is 376. The van der Waals surface area contributed by atoms with Crippen molar-refractivity contribution in [3.8, 4) is 0 Å². The number of aryl methyl sites for hydroxylation is 2. The summed E-state index contributed by atoms with van der Waals surface area (Å²) < 4.78 is 0. The standard InChI is InChI=1S/C9H9NO2S/c11-10(12)8-4-6-2-1-3-7(6)5-9(8)13/h4-5,13H,1-3H2. The molecule has 1 aliphatic rings. The Kier molecular flexibility index (Phi) is 2.00. The normalized spacial score (nSPS) is 14.2. The van der Waals surface area contributed by atoms with Crippen LogP contribution in [0.15, 0.2) is 17.0 Å². The number of nitrogens with zero attached hydrogens (tertiary/aromatic N) is 1. The van der Waals surface area contributed by atoms with E-state index in [4.69, 9.17) is 0 Å². The molecule has 13 heavy (non-hydrogen) atoms. The van der Waals surface area contributed by atoms with E-state index in [-0.39, 0.29) is 10.6 Å². The molecule has 0 bridgehead atoms. The largest absolute Gasteiger partial charge is 0.282 e. The molecular formula is C9H9NO2S. The van der Waals surface area contributed by atoms with Gasteiger partial charge >= 0.3 is 0 Å². The van der Waals surface area contributed by atoms with E-state index in [9.17, 15) is 10.1 Å². The molecular weight excluding hydrogens is 186 g/mol. The third kappa shape index (κ3) is 1.42. The molecule has 1 aromatic carbocycles. The summed E-state index contributed by atoms with van der Waals surface area (Å²) in [6.07, 6.45) is 3.09. The highest BCUT2D eigenvalue weighted by atomic mass is 32.1. The van der Waals surface area contributed by atoms with Gasteiger partial charge in [0.25, 0.3) is 5.69 Å². The molecule has 0 aromatic heterocycles. The zero-order valence-corrected chi connectivity index (χ0v) is 7.88. The highest BCUT2D eigenvalue weighted by molar-refractivity contribution is 7.80. The van der Waals surface area contributed by atoms with Gasteiger partial charge in [0.1, 0.15) is 0 Å². The van der Waals surface area contributed by atoms with Gasteiger partial charge in [-0.1, -0.05) is 0 Å². The minimum absolute atomic E-state index is 0.129. The first-order chi connectivity index (χ1) is 6.18. The van der Waals surface area contributed by atoms with Crippen LogP contribution in [0, 0.1) is 10.1 Å². The molecule has 0 amide bonds. The molecule has 0 heterocycles. The summed E-state index contributed by atoms with van der Waals surface area (Å²) in [6.45, 7) is 0. The van der Waals surface area contributed by atoms with Crippen LogP contribution in [0.5, 0.6) is 0 Å². The monoisotopic (exact) mass is 195 g/mol. The summed E-state index contributed by atoms with van der Waals surface area (Å²) in [4.78, 5) is 10.7. The first kappa shape index (κ1) is 8.56. The Balaban J connectivity index is 2.55. The lowest BCUT2D eigenvalue weighted by Crippen LogP contribution is -1.92. The molecule has 3 nitrogen and oxygen atoms in total. The second-order valence-electron chi connectivity index (χ2n) is 3.22. The number of nitro benzene ring substituents is 1. The van der Waals surface area contributed by atoms with Crippen molar-refractivity contribution in [2.75, 3.05) is 0 Å². The molecule has 2 rings (SSSR count). The van der Waals surface area contributed by atoms with E-state index in [1.54, 1.807) is 6.07 Å². The second kappa shape index (κ2) is 3.03. The molecule has 1 aliphatic carbocycles. The van der Waals surface area contributed by atoms with E-state index >= 15 is 0 Å². The number of fused-ring (bicyclic) bond motifs is 1. The molecule has 0 aliphatic heterocycles. The number of benzene rings is 1. The Morgan fingerprint density at radius 3 is 2.54 bits per heavy atom. The van der Waals surface area contributed by atoms with Gasteiger partial charge in [-0.15, -0.1) is 12.6 Å². The predicted molar refractivity (Wildman–Crippen MR) is 52.4 cm³/mol. The van der Waals surface area contributed by atoms with Crippen LogP contribution in [-0.4, -0.2) is 4.92 Å². The zero-order valence-electron chi connectivity index (χ0n) is 6.99. The van der Waals surface area contributed by atoms with Gasteiger partial charge in [0, 0.05) is 6.07 Å². The molecule has 0 spiro atoms. The lowest BCUT2D eigenvalue weighted by Gasteiger charge is -2.01. The third-order valence-corrected chi connectivity index (χ3v) is 2.74. The van der Waals surface area contributed by atoms with E-state index in [0.717, 1.165) is 24.8 Å². The molecule has 0 saturated heterocycles. The van der Waals surface area contributed by atoms with E-state index in [0.29, 0.717) is 4.90 Å². The number of thiol groups is 1. The summed E-state index contributed by atoms with van der Waals surface area (Å²) in [5.74, 6) is 0. The van der Waals surface area contributed by atoms with Crippen molar-refractivity contribution in [3.63, 3.8) is 0 Å². The Morgan fingerprint density at radius 2 is 1.92 bits per heavy atom.